The number of carbonyl (C=O) groups is 1. The minimum absolute atomic E-state index is 0.0701. The zero-order valence-corrected chi connectivity index (χ0v) is 17.2. The topological polar surface area (TPSA) is 60.2 Å². The molecule has 2 heterocycles. The molecular weight excluding hydrogens is 414 g/mol. The van der Waals surface area contributed by atoms with Crippen LogP contribution in [0.3, 0.4) is 0 Å². The van der Waals surface area contributed by atoms with Gasteiger partial charge in [-0.2, -0.15) is 13.9 Å². The highest BCUT2D eigenvalue weighted by atomic mass is 19.3. The molecule has 0 aliphatic rings. The Bertz CT molecular complexity index is 1180. The quantitative estimate of drug-likeness (QED) is 0.419. The Kier molecular flexibility index (Phi) is 6.21. The van der Waals surface area contributed by atoms with Crippen LogP contribution in [0.25, 0.3) is 16.9 Å². The third-order valence-corrected chi connectivity index (χ3v) is 4.82. The van der Waals surface area contributed by atoms with Crippen LogP contribution in [-0.2, 0) is 6.54 Å². The van der Waals surface area contributed by atoms with E-state index in [0.717, 1.165) is 16.8 Å². The van der Waals surface area contributed by atoms with Crippen LogP contribution < -0.4 is 4.74 Å². The predicted molar refractivity (Wildman–Crippen MR) is 116 cm³/mol. The second kappa shape index (κ2) is 9.38. The molecule has 0 aliphatic heterocycles. The van der Waals surface area contributed by atoms with Crippen LogP contribution in [0.15, 0.2) is 85.3 Å². The van der Waals surface area contributed by atoms with Crippen LogP contribution in [0.4, 0.5) is 8.78 Å². The monoisotopic (exact) mass is 434 g/mol. The van der Waals surface area contributed by atoms with E-state index in [1.54, 1.807) is 53.4 Å². The zero-order valence-electron chi connectivity index (χ0n) is 17.2. The summed E-state index contributed by atoms with van der Waals surface area (Å²) < 4.78 is 30.7. The van der Waals surface area contributed by atoms with Gasteiger partial charge >= 0.3 is 6.61 Å². The van der Waals surface area contributed by atoms with Gasteiger partial charge in [-0.1, -0.05) is 30.3 Å². The molecule has 0 aliphatic carbocycles. The molecule has 0 spiro atoms. The van der Waals surface area contributed by atoms with Crippen molar-refractivity contribution in [3.63, 3.8) is 0 Å². The van der Waals surface area contributed by atoms with Crippen molar-refractivity contribution in [2.24, 2.45) is 0 Å². The van der Waals surface area contributed by atoms with Crippen LogP contribution in [0.5, 0.6) is 5.75 Å². The Morgan fingerprint density at radius 3 is 2.47 bits per heavy atom. The summed E-state index contributed by atoms with van der Waals surface area (Å²) in [6.07, 6.45) is 5.03. The van der Waals surface area contributed by atoms with Crippen LogP contribution >= 0.6 is 0 Å². The Hall–Kier alpha value is -4.07. The first kappa shape index (κ1) is 21.2. The molecule has 8 heteroatoms. The van der Waals surface area contributed by atoms with Gasteiger partial charge in [-0.05, 0) is 42.0 Å². The number of hydrogen-bond acceptors (Lipinski definition) is 4. The average molecular weight is 434 g/mol. The Labute approximate surface area is 183 Å². The van der Waals surface area contributed by atoms with Crippen molar-refractivity contribution in [3.8, 4) is 22.7 Å². The minimum atomic E-state index is -2.88. The van der Waals surface area contributed by atoms with Gasteiger partial charge in [0.15, 0.2) is 0 Å². The molecule has 0 bridgehead atoms. The van der Waals surface area contributed by atoms with Gasteiger partial charge in [0.25, 0.3) is 5.91 Å². The number of benzene rings is 2. The van der Waals surface area contributed by atoms with Gasteiger partial charge in [-0.15, -0.1) is 0 Å². The molecule has 4 aromatic rings. The second-order valence-electron chi connectivity index (χ2n) is 7.10. The largest absolute Gasteiger partial charge is 0.435 e. The molecule has 0 fully saturated rings. The number of aromatic nitrogens is 3. The Balaban J connectivity index is 1.61. The molecular formula is C24H20F2N4O2. The number of halogens is 2. The molecule has 0 saturated carbocycles. The highest BCUT2D eigenvalue weighted by Crippen LogP contribution is 2.25. The summed E-state index contributed by atoms with van der Waals surface area (Å²) in [5.74, 6) is -0.153. The lowest BCUT2D eigenvalue weighted by atomic mass is 10.1. The second-order valence-corrected chi connectivity index (χ2v) is 7.10. The van der Waals surface area contributed by atoms with Crippen molar-refractivity contribution >= 4 is 5.91 Å². The van der Waals surface area contributed by atoms with E-state index in [1.165, 1.54) is 12.1 Å². The number of alkyl halides is 2. The number of carbonyl (C=O) groups excluding carboxylic acids is 1. The number of para-hydroxylation sites is 1. The van der Waals surface area contributed by atoms with E-state index in [2.05, 4.69) is 14.8 Å². The summed E-state index contributed by atoms with van der Waals surface area (Å²) in [5, 5.41) is 4.64. The van der Waals surface area contributed by atoms with E-state index in [0.29, 0.717) is 11.3 Å². The molecule has 2 aromatic carbocycles. The number of ether oxygens (including phenoxy) is 1. The van der Waals surface area contributed by atoms with E-state index in [4.69, 9.17) is 0 Å². The highest BCUT2D eigenvalue weighted by Gasteiger charge is 2.22. The third kappa shape index (κ3) is 4.80. The van der Waals surface area contributed by atoms with Gasteiger partial charge in [-0.25, -0.2) is 4.68 Å². The molecule has 1 amide bonds. The number of rotatable bonds is 7. The molecule has 0 radical (unpaired) electrons. The summed E-state index contributed by atoms with van der Waals surface area (Å²) in [4.78, 5) is 19.0. The van der Waals surface area contributed by atoms with Crippen molar-refractivity contribution < 1.29 is 18.3 Å². The van der Waals surface area contributed by atoms with E-state index in [9.17, 15) is 13.6 Å². The standard InChI is InChI=1S/C24H20F2N4O2/c1-29(15-17-9-11-20(12-10-17)32-24(25)26)23(31)21-16-30(19-7-3-2-4-8-19)28-22(21)18-6-5-13-27-14-18/h2-14,16,24H,15H2,1H3. The number of nitrogens with zero attached hydrogens (tertiary/aromatic N) is 4. The van der Waals surface area contributed by atoms with Crippen LogP contribution in [0.2, 0.25) is 0 Å². The molecule has 6 nitrogen and oxygen atoms in total. The molecule has 162 valence electrons. The fourth-order valence-electron chi connectivity index (χ4n) is 3.29. The normalized spacial score (nSPS) is 10.9. The molecule has 2 aromatic heterocycles. The number of amides is 1. The van der Waals surface area contributed by atoms with E-state index in [-0.39, 0.29) is 18.2 Å². The lowest BCUT2D eigenvalue weighted by Crippen LogP contribution is -2.26. The molecule has 4 rings (SSSR count). The fourth-order valence-corrected chi connectivity index (χ4v) is 3.29. The lowest BCUT2D eigenvalue weighted by Gasteiger charge is -2.17. The van der Waals surface area contributed by atoms with Crippen molar-refractivity contribution in [2.75, 3.05) is 7.05 Å². The van der Waals surface area contributed by atoms with Crippen molar-refractivity contribution in [3.05, 3.63) is 96.4 Å². The van der Waals surface area contributed by atoms with Gasteiger partial charge < -0.3 is 9.64 Å². The van der Waals surface area contributed by atoms with Crippen LogP contribution in [0.1, 0.15) is 15.9 Å². The molecule has 0 saturated heterocycles. The van der Waals surface area contributed by atoms with Gasteiger partial charge in [-0.3, -0.25) is 9.78 Å². The fraction of sp³-hybridized carbons (Fsp3) is 0.125. The summed E-state index contributed by atoms with van der Waals surface area (Å²) in [6, 6.07) is 19.4. The Morgan fingerprint density at radius 2 is 1.81 bits per heavy atom. The Morgan fingerprint density at radius 1 is 1.06 bits per heavy atom. The van der Waals surface area contributed by atoms with Crippen molar-refractivity contribution in [1.29, 1.82) is 0 Å². The van der Waals surface area contributed by atoms with Crippen LogP contribution in [-0.4, -0.2) is 39.2 Å². The van der Waals surface area contributed by atoms with Crippen molar-refractivity contribution in [2.45, 2.75) is 13.2 Å². The average Bonchev–Trinajstić information content (AvgIpc) is 3.26. The maximum Gasteiger partial charge on any atom is 0.387 e. The third-order valence-electron chi connectivity index (χ3n) is 4.82. The van der Waals surface area contributed by atoms with Crippen LogP contribution in [0, 0.1) is 0 Å². The minimum Gasteiger partial charge on any atom is -0.435 e. The van der Waals surface area contributed by atoms with E-state index >= 15 is 0 Å². The zero-order chi connectivity index (χ0) is 22.5. The lowest BCUT2D eigenvalue weighted by molar-refractivity contribution is -0.0498. The highest BCUT2D eigenvalue weighted by molar-refractivity contribution is 5.99. The van der Waals surface area contributed by atoms with Gasteiger partial charge in [0.05, 0.1) is 11.3 Å². The first-order valence-corrected chi connectivity index (χ1v) is 9.86. The smallest absolute Gasteiger partial charge is 0.387 e. The SMILES string of the molecule is CN(Cc1ccc(OC(F)F)cc1)C(=O)c1cn(-c2ccccc2)nc1-c1cccnc1. The molecule has 32 heavy (non-hydrogen) atoms. The number of pyridine rings is 1. The van der Waals surface area contributed by atoms with E-state index < -0.39 is 6.61 Å². The summed E-state index contributed by atoms with van der Waals surface area (Å²) in [5.41, 5.74) is 3.30. The van der Waals surface area contributed by atoms with Crippen molar-refractivity contribution in [1.82, 2.24) is 19.7 Å². The molecule has 0 unspecified atom stereocenters. The van der Waals surface area contributed by atoms with E-state index in [1.807, 2.05) is 36.4 Å². The van der Waals surface area contributed by atoms with Gasteiger partial charge in [0.1, 0.15) is 11.4 Å². The summed E-state index contributed by atoms with van der Waals surface area (Å²) >= 11 is 0. The summed E-state index contributed by atoms with van der Waals surface area (Å²) in [6.45, 7) is -2.59. The first-order chi connectivity index (χ1) is 15.5. The maximum atomic E-state index is 13.3. The van der Waals surface area contributed by atoms with Gasteiger partial charge in [0, 0.05) is 37.7 Å². The van der Waals surface area contributed by atoms with Gasteiger partial charge in [0.2, 0.25) is 0 Å². The predicted octanol–water partition coefficient (Wildman–Crippen LogP) is 4.81. The summed E-state index contributed by atoms with van der Waals surface area (Å²) in [7, 11) is 1.68. The first-order valence-electron chi connectivity index (χ1n) is 9.86. The number of hydrogen-bond donors (Lipinski definition) is 0. The molecule has 0 atom stereocenters. The molecule has 0 N–H and O–H groups in total. The maximum absolute atomic E-state index is 13.3.